The van der Waals surface area contributed by atoms with Gasteiger partial charge in [-0.15, -0.1) is 0 Å². The molecule has 122 valence electrons. The summed E-state index contributed by atoms with van der Waals surface area (Å²) >= 11 is 1.42. The van der Waals surface area contributed by atoms with E-state index in [-0.39, 0.29) is 11.9 Å². The first-order valence-corrected chi connectivity index (χ1v) is 8.45. The van der Waals surface area contributed by atoms with Gasteiger partial charge < -0.3 is 5.73 Å². The Hall–Kier alpha value is -2.73. The minimum Gasteiger partial charge on any atom is -0.383 e. The zero-order valence-electron chi connectivity index (χ0n) is 13.5. The molecule has 1 aromatic heterocycles. The average molecular weight is 338 g/mol. The summed E-state index contributed by atoms with van der Waals surface area (Å²) in [5, 5.41) is 3.40. The fourth-order valence-corrected chi connectivity index (χ4v) is 3.15. The van der Waals surface area contributed by atoms with Crippen LogP contribution in [0.15, 0.2) is 53.5 Å². The summed E-state index contributed by atoms with van der Waals surface area (Å²) in [6.07, 6.45) is 0. The van der Waals surface area contributed by atoms with Crippen molar-refractivity contribution in [1.29, 1.82) is 0 Å². The Morgan fingerprint density at radius 3 is 2.62 bits per heavy atom. The number of fused-ring (bicyclic) bond motifs is 1. The number of nitrogens with one attached hydrogen (secondary N) is 1. The highest BCUT2D eigenvalue weighted by Gasteiger charge is 2.10. The molecule has 0 atom stereocenters. The number of aliphatic imine (C=N–C) groups is 1. The van der Waals surface area contributed by atoms with Gasteiger partial charge in [0.15, 0.2) is 5.13 Å². The highest BCUT2D eigenvalue weighted by Crippen LogP contribution is 2.27. The summed E-state index contributed by atoms with van der Waals surface area (Å²) in [5.41, 5.74) is 8.30. The van der Waals surface area contributed by atoms with Crippen LogP contribution in [0.5, 0.6) is 0 Å². The number of nitrogens with two attached hydrogens (primary N) is 1. The molecule has 0 fully saturated rings. The number of aromatic nitrogens is 1. The zero-order chi connectivity index (χ0) is 17.1. The number of amidine groups is 1. The standard InChI is InChI=1S/C18H18N4OS/c1-11(2)20-16(19)13-8-9-14-15(10-13)24-18(21-14)22-17(23)12-6-4-3-5-7-12/h3-11H,1-2H3,(H2,19,20)(H,21,22,23). The number of hydrogen-bond donors (Lipinski definition) is 2. The molecule has 3 aromatic rings. The van der Waals surface area contributed by atoms with Crippen molar-refractivity contribution in [3.63, 3.8) is 0 Å². The lowest BCUT2D eigenvalue weighted by molar-refractivity contribution is 0.102. The van der Waals surface area contributed by atoms with Gasteiger partial charge in [-0.05, 0) is 44.2 Å². The number of amides is 1. The van der Waals surface area contributed by atoms with E-state index in [1.807, 2.05) is 50.2 Å². The van der Waals surface area contributed by atoms with Crippen LogP contribution in [0.2, 0.25) is 0 Å². The third kappa shape index (κ3) is 3.60. The molecule has 0 saturated heterocycles. The van der Waals surface area contributed by atoms with E-state index in [4.69, 9.17) is 5.73 Å². The summed E-state index contributed by atoms with van der Waals surface area (Å²) in [4.78, 5) is 21.0. The number of rotatable bonds is 4. The van der Waals surface area contributed by atoms with Gasteiger partial charge in [0.05, 0.1) is 10.2 Å². The number of nitrogens with zero attached hydrogens (tertiary/aromatic N) is 2. The van der Waals surface area contributed by atoms with Gasteiger partial charge in [0, 0.05) is 17.2 Å². The van der Waals surface area contributed by atoms with E-state index in [0.29, 0.717) is 16.5 Å². The van der Waals surface area contributed by atoms with Crippen LogP contribution in [0.3, 0.4) is 0 Å². The Bertz CT molecular complexity index is 900. The van der Waals surface area contributed by atoms with Crippen molar-refractivity contribution in [2.75, 3.05) is 5.32 Å². The molecule has 1 amide bonds. The van der Waals surface area contributed by atoms with E-state index in [2.05, 4.69) is 15.3 Å². The molecular weight excluding hydrogens is 320 g/mol. The van der Waals surface area contributed by atoms with Gasteiger partial charge in [-0.2, -0.15) is 0 Å². The first-order valence-electron chi connectivity index (χ1n) is 7.63. The topological polar surface area (TPSA) is 80.4 Å². The van der Waals surface area contributed by atoms with Gasteiger partial charge in [-0.25, -0.2) is 4.98 Å². The summed E-state index contributed by atoms with van der Waals surface area (Å²) < 4.78 is 0.956. The highest BCUT2D eigenvalue weighted by atomic mass is 32.1. The van der Waals surface area contributed by atoms with Gasteiger partial charge in [0.25, 0.3) is 5.91 Å². The molecule has 0 unspecified atom stereocenters. The van der Waals surface area contributed by atoms with Crippen LogP contribution < -0.4 is 11.1 Å². The Morgan fingerprint density at radius 1 is 1.17 bits per heavy atom. The van der Waals surface area contributed by atoms with Gasteiger partial charge in [-0.3, -0.25) is 15.1 Å². The van der Waals surface area contributed by atoms with E-state index in [1.54, 1.807) is 12.1 Å². The Kier molecular flexibility index (Phi) is 4.57. The van der Waals surface area contributed by atoms with Crippen molar-refractivity contribution < 1.29 is 4.79 Å². The molecule has 24 heavy (non-hydrogen) atoms. The minimum atomic E-state index is -0.171. The Labute approximate surface area is 144 Å². The second-order valence-electron chi connectivity index (χ2n) is 5.63. The highest BCUT2D eigenvalue weighted by molar-refractivity contribution is 7.22. The molecule has 0 aliphatic heterocycles. The molecule has 5 nitrogen and oxygen atoms in total. The molecular formula is C18H18N4OS. The molecule has 0 spiro atoms. The smallest absolute Gasteiger partial charge is 0.257 e. The summed E-state index contributed by atoms with van der Waals surface area (Å²) in [6.45, 7) is 3.96. The minimum absolute atomic E-state index is 0.142. The Morgan fingerprint density at radius 2 is 1.92 bits per heavy atom. The lowest BCUT2D eigenvalue weighted by atomic mass is 10.2. The van der Waals surface area contributed by atoms with Crippen LogP contribution >= 0.6 is 11.3 Å². The molecule has 0 radical (unpaired) electrons. The number of anilines is 1. The monoisotopic (exact) mass is 338 g/mol. The van der Waals surface area contributed by atoms with Gasteiger partial charge in [0.1, 0.15) is 5.84 Å². The summed E-state index contributed by atoms with van der Waals surface area (Å²) in [7, 11) is 0. The number of carbonyl (C=O) groups is 1. The lowest BCUT2D eigenvalue weighted by Gasteiger charge is -2.02. The van der Waals surface area contributed by atoms with Crippen LogP contribution in [-0.4, -0.2) is 22.8 Å². The molecule has 0 aliphatic carbocycles. The van der Waals surface area contributed by atoms with Crippen molar-refractivity contribution >= 4 is 38.4 Å². The van der Waals surface area contributed by atoms with Gasteiger partial charge in [0.2, 0.25) is 0 Å². The maximum absolute atomic E-state index is 12.2. The third-order valence-corrected chi connectivity index (χ3v) is 4.27. The summed E-state index contributed by atoms with van der Waals surface area (Å²) in [5.74, 6) is 0.339. The van der Waals surface area contributed by atoms with Crippen LogP contribution in [0, 0.1) is 0 Å². The molecule has 3 rings (SSSR count). The first-order chi connectivity index (χ1) is 11.5. The molecule has 0 saturated carbocycles. The number of thiazole rings is 1. The fourth-order valence-electron chi connectivity index (χ4n) is 2.25. The summed E-state index contributed by atoms with van der Waals surface area (Å²) in [6, 6.07) is 14.9. The molecule has 1 heterocycles. The van der Waals surface area contributed by atoms with Crippen molar-refractivity contribution in [3.05, 3.63) is 59.7 Å². The van der Waals surface area contributed by atoms with Crippen molar-refractivity contribution in [2.24, 2.45) is 10.7 Å². The van der Waals surface area contributed by atoms with Crippen LogP contribution in [0.25, 0.3) is 10.2 Å². The van der Waals surface area contributed by atoms with E-state index in [9.17, 15) is 4.79 Å². The fraction of sp³-hybridized carbons (Fsp3) is 0.167. The van der Waals surface area contributed by atoms with Crippen LogP contribution in [-0.2, 0) is 0 Å². The second-order valence-corrected chi connectivity index (χ2v) is 6.66. The molecule has 0 bridgehead atoms. The third-order valence-electron chi connectivity index (χ3n) is 3.34. The number of benzene rings is 2. The predicted octanol–water partition coefficient (Wildman–Crippen LogP) is 3.66. The van der Waals surface area contributed by atoms with E-state index in [0.717, 1.165) is 15.8 Å². The normalized spacial score (nSPS) is 11.9. The van der Waals surface area contributed by atoms with Crippen molar-refractivity contribution in [2.45, 2.75) is 19.9 Å². The molecule has 0 aliphatic rings. The second kappa shape index (κ2) is 6.80. The van der Waals surface area contributed by atoms with Gasteiger partial charge >= 0.3 is 0 Å². The Balaban J connectivity index is 1.85. The molecule has 3 N–H and O–H groups in total. The SMILES string of the molecule is CC(C)N=C(N)c1ccc2nc(NC(=O)c3ccccc3)sc2c1. The quantitative estimate of drug-likeness (QED) is 0.563. The van der Waals surface area contributed by atoms with Crippen molar-refractivity contribution in [1.82, 2.24) is 4.98 Å². The van der Waals surface area contributed by atoms with E-state index < -0.39 is 0 Å². The molecule has 2 aromatic carbocycles. The van der Waals surface area contributed by atoms with Crippen LogP contribution in [0.4, 0.5) is 5.13 Å². The van der Waals surface area contributed by atoms with Crippen molar-refractivity contribution in [3.8, 4) is 0 Å². The zero-order valence-corrected chi connectivity index (χ0v) is 14.3. The number of hydrogen-bond acceptors (Lipinski definition) is 4. The largest absolute Gasteiger partial charge is 0.383 e. The number of carbonyl (C=O) groups excluding carboxylic acids is 1. The lowest BCUT2D eigenvalue weighted by Crippen LogP contribution is -2.15. The van der Waals surface area contributed by atoms with Gasteiger partial charge in [-0.1, -0.05) is 29.5 Å². The molecule has 6 heteroatoms. The first kappa shape index (κ1) is 16.1. The maximum atomic E-state index is 12.2. The van der Waals surface area contributed by atoms with E-state index >= 15 is 0 Å². The van der Waals surface area contributed by atoms with Crippen LogP contribution in [0.1, 0.15) is 29.8 Å². The maximum Gasteiger partial charge on any atom is 0.257 e. The predicted molar refractivity (Wildman–Crippen MR) is 99.9 cm³/mol. The van der Waals surface area contributed by atoms with E-state index in [1.165, 1.54) is 11.3 Å². The average Bonchev–Trinajstić information content (AvgIpc) is 2.96.